The minimum atomic E-state index is 0.170. The molecule has 5 nitrogen and oxygen atoms in total. The second-order valence-corrected chi connectivity index (χ2v) is 5.74. The summed E-state index contributed by atoms with van der Waals surface area (Å²) in [6.45, 7) is 1.77. The van der Waals surface area contributed by atoms with Crippen molar-refractivity contribution in [1.82, 2.24) is 0 Å². The average molecular weight is 329 g/mol. The number of para-hydroxylation sites is 1. The van der Waals surface area contributed by atoms with Gasteiger partial charge in [-0.25, -0.2) is 5.26 Å². The van der Waals surface area contributed by atoms with Crippen LogP contribution in [0.2, 0.25) is 0 Å². The van der Waals surface area contributed by atoms with Crippen molar-refractivity contribution in [2.24, 2.45) is 0 Å². The third kappa shape index (κ3) is 3.40. The highest BCUT2D eigenvalue weighted by Crippen LogP contribution is 2.37. The zero-order valence-electron chi connectivity index (χ0n) is 12.3. The Kier molecular flexibility index (Phi) is 4.68. The fourth-order valence-electron chi connectivity index (χ4n) is 2.36. The van der Waals surface area contributed by atoms with Crippen LogP contribution in [0.3, 0.4) is 0 Å². The van der Waals surface area contributed by atoms with Crippen LogP contribution in [0.5, 0.6) is 5.75 Å². The van der Waals surface area contributed by atoms with Gasteiger partial charge in [0.1, 0.15) is 5.75 Å². The lowest BCUT2D eigenvalue weighted by Crippen LogP contribution is -1.91. The Hall–Kier alpha value is -2.25. The van der Waals surface area contributed by atoms with Crippen molar-refractivity contribution in [3.63, 3.8) is 0 Å². The number of hydrogen-bond donors (Lipinski definition) is 3. The summed E-state index contributed by atoms with van der Waals surface area (Å²) in [5.74, 6) is 0.170. The summed E-state index contributed by atoms with van der Waals surface area (Å²) in [4.78, 5) is 0.660. The van der Waals surface area contributed by atoms with E-state index in [1.165, 1.54) is 0 Å². The Morgan fingerprint density at radius 1 is 1.00 bits per heavy atom. The zero-order chi connectivity index (χ0) is 16.2. The number of fused-ring (bicyclic) bond motifs is 1. The molecule has 0 heterocycles. The molecule has 0 atom stereocenters. The predicted molar refractivity (Wildman–Crippen MR) is 90.7 cm³/mol. The van der Waals surface area contributed by atoms with Gasteiger partial charge in [-0.15, -0.1) is 4.33 Å². The Morgan fingerprint density at radius 2 is 1.78 bits per heavy atom. The van der Waals surface area contributed by atoms with Gasteiger partial charge in [0.2, 0.25) is 0 Å². The van der Waals surface area contributed by atoms with Crippen LogP contribution in [0.15, 0.2) is 59.5 Å². The van der Waals surface area contributed by atoms with Gasteiger partial charge in [0.05, 0.1) is 12.0 Å². The lowest BCUT2D eigenvalue weighted by Gasteiger charge is -2.12. The molecule has 0 saturated heterocycles. The molecule has 0 bridgehead atoms. The molecule has 0 radical (unpaired) electrons. The molecule has 0 amide bonds. The lowest BCUT2D eigenvalue weighted by atomic mass is 10.0. The number of anilines is 2. The summed E-state index contributed by atoms with van der Waals surface area (Å²) >= 11 is 0.835. The molecule has 3 N–H and O–H groups in total. The van der Waals surface area contributed by atoms with E-state index in [0.717, 1.165) is 34.2 Å². The number of rotatable bonds is 5. The summed E-state index contributed by atoms with van der Waals surface area (Å²) in [6.07, 6.45) is 0. The molecule has 3 aromatic rings. The normalized spacial score (nSPS) is 10.9. The van der Waals surface area contributed by atoms with Crippen molar-refractivity contribution in [3.05, 3.63) is 60.2 Å². The average Bonchev–Trinajstić information content (AvgIpc) is 2.58. The largest absolute Gasteiger partial charge is 0.507 e. The number of phenolic OH excluding ortho intramolecular Hbond substituents is 1. The van der Waals surface area contributed by atoms with Gasteiger partial charge in [-0.3, -0.25) is 0 Å². The quantitative estimate of drug-likeness (QED) is 0.347. The van der Waals surface area contributed by atoms with Crippen LogP contribution in [0.25, 0.3) is 10.8 Å². The fourth-order valence-corrected chi connectivity index (χ4v) is 2.86. The molecule has 0 unspecified atom stereocenters. The Bertz CT molecular complexity index is 824. The first kappa shape index (κ1) is 15.6. The Morgan fingerprint density at radius 3 is 2.52 bits per heavy atom. The molecule has 0 fully saturated rings. The van der Waals surface area contributed by atoms with Crippen LogP contribution >= 0.6 is 12.0 Å². The molecule has 0 aliphatic rings. The number of hydrogen-bond acceptors (Lipinski definition) is 6. The first-order valence-electron chi connectivity index (χ1n) is 6.92. The van der Waals surface area contributed by atoms with Gasteiger partial charge >= 0.3 is 0 Å². The van der Waals surface area contributed by atoms with E-state index in [2.05, 4.69) is 14.7 Å². The molecular weight excluding hydrogens is 314 g/mol. The third-order valence-corrected chi connectivity index (χ3v) is 4.27. The van der Waals surface area contributed by atoms with Crippen molar-refractivity contribution >= 4 is 34.2 Å². The molecular formula is C17H15NO4S. The third-order valence-electron chi connectivity index (χ3n) is 3.54. The molecule has 0 aromatic heterocycles. The number of phenols is 1. The van der Waals surface area contributed by atoms with E-state index in [1.54, 1.807) is 6.92 Å². The first-order valence-corrected chi connectivity index (χ1v) is 7.66. The highest BCUT2D eigenvalue weighted by atomic mass is 32.2. The number of benzene rings is 3. The van der Waals surface area contributed by atoms with E-state index in [-0.39, 0.29) is 5.75 Å². The zero-order valence-corrected chi connectivity index (χ0v) is 13.1. The lowest BCUT2D eigenvalue weighted by molar-refractivity contribution is -0.432. The molecule has 3 rings (SSSR count). The minimum absolute atomic E-state index is 0.170. The van der Waals surface area contributed by atoms with E-state index in [1.807, 2.05) is 54.6 Å². The van der Waals surface area contributed by atoms with Crippen LogP contribution in [-0.2, 0) is 9.37 Å². The molecule has 0 spiro atoms. The highest BCUT2D eigenvalue weighted by molar-refractivity contribution is 7.94. The Labute approximate surface area is 137 Å². The van der Waals surface area contributed by atoms with Crippen LogP contribution in [0, 0.1) is 6.92 Å². The maximum Gasteiger partial charge on any atom is 0.127 e. The van der Waals surface area contributed by atoms with Gasteiger partial charge in [-0.2, -0.15) is 0 Å². The van der Waals surface area contributed by atoms with Gasteiger partial charge < -0.3 is 10.4 Å². The maximum absolute atomic E-state index is 10.4. The monoisotopic (exact) mass is 329 g/mol. The molecule has 0 aliphatic heterocycles. The van der Waals surface area contributed by atoms with Crippen molar-refractivity contribution in [2.45, 2.75) is 11.8 Å². The fraction of sp³-hybridized carbons (Fsp3) is 0.0588. The van der Waals surface area contributed by atoms with E-state index in [0.29, 0.717) is 10.5 Å². The summed E-state index contributed by atoms with van der Waals surface area (Å²) < 4.78 is 4.46. The van der Waals surface area contributed by atoms with Gasteiger partial charge in [0, 0.05) is 27.2 Å². The van der Waals surface area contributed by atoms with Gasteiger partial charge in [0.25, 0.3) is 0 Å². The van der Waals surface area contributed by atoms with Crippen molar-refractivity contribution in [1.29, 1.82) is 0 Å². The maximum atomic E-state index is 10.4. The van der Waals surface area contributed by atoms with Crippen LogP contribution in [0.4, 0.5) is 11.4 Å². The van der Waals surface area contributed by atoms with Gasteiger partial charge in [0.15, 0.2) is 0 Å². The highest BCUT2D eigenvalue weighted by Gasteiger charge is 2.11. The van der Waals surface area contributed by atoms with E-state index < -0.39 is 0 Å². The summed E-state index contributed by atoms with van der Waals surface area (Å²) in [5, 5.41) is 27.2. The first-order chi connectivity index (χ1) is 11.2. The van der Waals surface area contributed by atoms with E-state index in [9.17, 15) is 5.11 Å². The summed E-state index contributed by atoms with van der Waals surface area (Å²) in [6, 6.07) is 17.4. The van der Waals surface area contributed by atoms with Crippen molar-refractivity contribution < 1.29 is 19.7 Å². The topological polar surface area (TPSA) is 71.0 Å². The van der Waals surface area contributed by atoms with Crippen LogP contribution < -0.4 is 5.32 Å². The molecule has 3 aromatic carbocycles. The van der Waals surface area contributed by atoms with Crippen molar-refractivity contribution in [2.75, 3.05) is 5.32 Å². The van der Waals surface area contributed by atoms with Crippen LogP contribution in [-0.4, -0.2) is 10.4 Å². The molecule has 0 aliphatic carbocycles. The van der Waals surface area contributed by atoms with E-state index >= 15 is 0 Å². The number of aromatic hydroxyl groups is 1. The molecule has 118 valence electrons. The summed E-state index contributed by atoms with van der Waals surface area (Å²) in [5.41, 5.74) is 2.51. The Balaban J connectivity index is 1.98. The number of nitrogens with one attached hydrogen (secondary N) is 1. The second kappa shape index (κ2) is 6.89. The predicted octanol–water partition coefficient (Wildman–Crippen LogP) is 5.03. The molecule has 6 heteroatoms. The van der Waals surface area contributed by atoms with Crippen molar-refractivity contribution in [3.8, 4) is 5.75 Å². The van der Waals surface area contributed by atoms with Crippen LogP contribution in [0.1, 0.15) is 5.56 Å². The SMILES string of the molecule is Cc1c(SOOO)cc2ccc(Nc3ccccc3)cc2c1O. The molecule has 0 saturated carbocycles. The second-order valence-electron chi connectivity index (χ2n) is 5.00. The molecule has 23 heavy (non-hydrogen) atoms. The van der Waals surface area contributed by atoms with Gasteiger partial charge in [-0.05, 0) is 42.6 Å². The minimum Gasteiger partial charge on any atom is -0.507 e. The van der Waals surface area contributed by atoms with Gasteiger partial charge in [-0.1, -0.05) is 29.3 Å². The summed E-state index contributed by atoms with van der Waals surface area (Å²) in [7, 11) is 0. The van der Waals surface area contributed by atoms with E-state index in [4.69, 9.17) is 5.26 Å². The standard InChI is InChI=1S/C17H15NO4S/c1-11-16(23-22-21-20)9-12-7-8-14(10-15(12)17(11)19)18-13-5-3-2-4-6-13/h2-10,18-20H,1H3. The smallest absolute Gasteiger partial charge is 0.127 e.